The SMILES string of the molecule is CCc1cccc(C)c1NC(=O)c1cccnc1OC. The zero-order chi connectivity index (χ0) is 14.5. The van der Waals surface area contributed by atoms with Crippen LogP contribution in [-0.2, 0) is 6.42 Å². The summed E-state index contributed by atoms with van der Waals surface area (Å²) in [6, 6.07) is 9.41. The highest BCUT2D eigenvalue weighted by atomic mass is 16.5. The molecule has 0 fully saturated rings. The minimum Gasteiger partial charge on any atom is -0.480 e. The Balaban J connectivity index is 2.33. The number of methoxy groups -OCH3 is 1. The molecule has 2 rings (SSSR count). The number of para-hydroxylation sites is 1. The summed E-state index contributed by atoms with van der Waals surface area (Å²) in [4.78, 5) is 16.4. The number of hydrogen-bond acceptors (Lipinski definition) is 3. The van der Waals surface area contributed by atoms with Crippen LogP contribution in [0, 0.1) is 6.92 Å². The van der Waals surface area contributed by atoms with Crippen molar-refractivity contribution >= 4 is 11.6 Å². The maximum atomic E-state index is 12.4. The topological polar surface area (TPSA) is 51.2 Å². The van der Waals surface area contributed by atoms with E-state index < -0.39 is 0 Å². The minimum absolute atomic E-state index is 0.209. The second-order valence-electron chi connectivity index (χ2n) is 4.48. The molecule has 104 valence electrons. The molecule has 0 atom stereocenters. The van der Waals surface area contributed by atoms with E-state index >= 15 is 0 Å². The van der Waals surface area contributed by atoms with Crippen molar-refractivity contribution in [3.8, 4) is 5.88 Å². The lowest BCUT2D eigenvalue weighted by Crippen LogP contribution is -2.15. The van der Waals surface area contributed by atoms with E-state index in [1.165, 1.54) is 7.11 Å². The van der Waals surface area contributed by atoms with Crippen LogP contribution >= 0.6 is 0 Å². The second-order valence-corrected chi connectivity index (χ2v) is 4.48. The molecule has 0 bridgehead atoms. The molecule has 2 aromatic rings. The largest absolute Gasteiger partial charge is 0.480 e. The van der Waals surface area contributed by atoms with Gasteiger partial charge in [0.05, 0.1) is 7.11 Å². The lowest BCUT2D eigenvalue weighted by atomic mass is 10.1. The molecule has 0 aliphatic rings. The summed E-state index contributed by atoms with van der Waals surface area (Å²) in [7, 11) is 1.50. The summed E-state index contributed by atoms with van der Waals surface area (Å²) >= 11 is 0. The third-order valence-corrected chi connectivity index (χ3v) is 3.19. The number of hydrogen-bond donors (Lipinski definition) is 1. The van der Waals surface area contributed by atoms with Gasteiger partial charge in [0.2, 0.25) is 5.88 Å². The van der Waals surface area contributed by atoms with Crippen molar-refractivity contribution < 1.29 is 9.53 Å². The van der Waals surface area contributed by atoms with E-state index in [2.05, 4.69) is 17.2 Å². The van der Waals surface area contributed by atoms with Crippen LogP contribution in [0.3, 0.4) is 0 Å². The average Bonchev–Trinajstić information content (AvgIpc) is 2.49. The maximum Gasteiger partial charge on any atom is 0.261 e. The highest BCUT2D eigenvalue weighted by Gasteiger charge is 2.15. The van der Waals surface area contributed by atoms with Crippen LogP contribution in [0.15, 0.2) is 36.5 Å². The highest BCUT2D eigenvalue weighted by Crippen LogP contribution is 2.23. The van der Waals surface area contributed by atoms with Crippen molar-refractivity contribution in [3.05, 3.63) is 53.2 Å². The molecule has 0 saturated heterocycles. The smallest absolute Gasteiger partial charge is 0.261 e. The minimum atomic E-state index is -0.209. The van der Waals surface area contributed by atoms with E-state index in [0.29, 0.717) is 11.4 Å². The van der Waals surface area contributed by atoms with Crippen LogP contribution in [0.4, 0.5) is 5.69 Å². The van der Waals surface area contributed by atoms with E-state index in [1.807, 2.05) is 25.1 Å². The van der Waals surface area contributed by atoms with Gasteiger partial charge < -0.3 is 10.1 Å². The molecule has 0 aliphatic heterocycles. The number of aryl methyl sites for hydroxylation is 2. The Morgan fingerprint density at radius 1 is 1.30 bits per heavy atom. The van der Waals surface area contributed by atoms with Gasteiger partial charge in [0.25, 0.3) is 5.91 Å². The fraction of sp³-hybridized carbons (Fsp3) is 0.250. The average molecular weight is 270 g/mol. The fourth-order valence-corrected chi connectivity index (χ4v) is 2.11. The summed E-state index contributed by atoms with van der Waals surface area (Å²) in [5, 5.41) is 2.96. The second kappa shape index (κ2) is 6.19. The van der Waals surface area contributed by atoms with Crippen molar-refractivity contribution in [1.29, 1.82) is 0 Å². The van der Waals surface area contributed by atoms with Crippen LogP contribution in [0.5, 0.6) is 5.88 Å². The van der Waals surface area contributed by atoms with Crippen LogP contribution in [0.25, 0.3) is 0 Å². The molecule has 1 aromatic carbocycles. The van der Waals surface area contributed by atoms with E-state index in [-0.39, 0.29) is 5.91 Å². The first-order valence-corrected chi connectivity index (χ1v) is 6.56. The molecule has 4 nitrogen and oxygen atoms in total. The third-order valence-electron chi connectivity index (χ3n) is 3.19. The van der Waals surface area contributed by atoms with Gasteiger partial charge in [-0.2, -0.15) is 0 Å². The standard InChI is InChI=1S/C16H18N2O2/c1-4-12-8-5-7-11(2)14(12)18-15(19)13-9-6-10-17-16(13)20-3/h5-10H,4H2,1-3H3,(H,18,19). The van der Waals surface area contributed by atoms with Gasteiger partial charge in [-0.05, 0) is 36.6 Å². The summed E-state index contributed by atoms with van der Waals surface area (Å²) in [6.45, 7) is 4.05. The number of pyridine rings is 1. The molecule has 1 N–H and O–H groups in total. The van der Waals surface area contributed by atoms with Crippen molar-refractivity contribution in [2.24, 2.45) is 0 Å². The number of carbonyl (C=O) groups is 1. The number of nitrogens with zero attached hydrogens (tertiary/aromatic N) is 1. The quantitative estimate of drug-likeness (QED) is 0.928. The zero-order valence-corrected chi connectivity index (χ0v) is 11.9. The maximum absolute atomic E-state index is 12.4. The molecule has 0 unspecified atom stereocenters. The highest BCUT2D eigenvalue weighted by molar-refractivity contribution is 6.06. The van der Waals surface area contributed by atoms with Gasteiger partial charge in [-0.3, -0.25) is 4.79 Å². The first-order valence-electron chi connectivity index (χ1n) is 6.56. The third kappa shape index (κ3) is 2.79. The molecule has 1 amide bonds. The van der Waals surface area contributed by atoms with E-state index in [0.717, 1.165) is 23.2 Å². The number of nitrogens with one attached hydrogen (secondary N) is 1. The van der Waals surface area contributed by atoms with Crippen molar-refractivity contribution in [2.75, 3.05) is 12.4 Å². The van der Waals surface area contributed by atoms with E-state index in [9.17, 15) is 4.79 Å². The molecule has 0 aliphatic carbocycles. The lowest BCUT2D eigenvalue weighted by molar-refractivity contribution is 0.102. The fourth-order valence-electron chi connectivity index (χ4n) is 2.11. The Morgan fingerprint density at radius 2 is 2.10 bits per heavy atom. The monoisotopic (exact) mass is 270 g/mol. The normalized spacial score (nSPS) is 10.2. The summed E-state index contributed by atoms with van der Waals surface area (Å²) in [5.74, 6) is 0.121. The predicted octanol–water partition coefficient (Wildman–Crippen LogP) is 3.21. The molecule has 0 radical (unpaired) electrons. The Morgan fingerprint density at radius 3 is 2.80 bits per heavy atom. The first-order chi connectivity index (χ1) is 9.67. The number of amides is 1. The van der Waals surface area contributed by atoms with Gasteiger partial charge in [-0.1, -0.05) is 25.1 Å². The van der Waals surface area contributed by atoms with Crippen LogP contribution in [-0.4, -0.2) is 18.0 Å². The molecule has 0 saturated carbocycles. The number of rotatable bonds is 4. The Labute approximate surface area is 118 Å². The molecule has 1 heterocycles. The van der Waals surface area contributed by atoms with Gasteiger partial charge in [0.15, 0.2) is 0 Å². The number of ether oxygens (including phenoxy) is 1. The van der Waals surface area contributed by atoms with E-state index in [1.54, 1.807) is 18.3 Å². The number of benzene rings is 1. The predicted molar refractivity (Wildman–Crippen MR) is 79.3 cm³/mol. The summed E-state index contributed by atoms with van der Waals surface area (Å²) < 4.78 is 5.12. The molecular formula is C16H18N2O2. The van der Waals surface area contributed by atoms with Gasteiger partial charge in [0, 0.05) is 11.9 Å². The van der Waals surface area contributed by atoms with E-state index in [4.69, 9.17) is 4.74 Å². The number of anilines is 1. The molecule has 0 spiro atoms. The number of aromatic nitrogens is 1. The Kier molecular flexibility index (Phi) is 4.35. The lowest BCUT2D eigenvalue weighted by Gasteiger charge is -2.13. The molecule has 20 heavy (non-hydrogen) atoms. The van der Waals surface area contributed by atoms with Crippen molar-refractivity contribution in [2.45, 2.75) is 20.3 Å². The van der Waals surface area contributed by atoms with Crippen LogP contribution < -0.4 is 10.1 Å². The van der Waals surface area contributed by atoms with Crippen molar-refractivity contribution in [1.82, 2.24) is 4.98 Å². The molecular weight excluding hydrogens is 252 g/mol. The Hall–Kier alpha value is -2.36. The van der Waals surface area contributed by atoms with Crippen LogP contribution in [0.1, 0.15) is 28.4 Å². The first kappa shape index (κ1) is 14.1. The van der Waals surface area contributed by atoms with Crippen LogP contribution in [0.2, 0.25) is 0 Å². The van der Waals surface area contributed by atoms with Crippen molar-refractivity contribution in [3.63, 3.8) is 0 Å². The van der Waals surface area contributed by atoms with Gasteiger partial charge >= 0.3 is 0 Å². The number of carbonyl (C=O) groups excluding carboxylic acids is 1. The summed E-state index contributed by atoms with van der Waals surface area (Å²) in [5.41, 5.74) is 3.45. The van der Waals surface area contributed by atoms with Gasteiger partial charge in [0.1, 0.15) is 5.56 Å². The molecule has 4 heteroatoms. The summed E-state index contributed by atoms with van der Waals surface area (Å²) in [6.07, 6.45) is 2.46. The van der Waals surface area contributed by atoms with Gasteiger partial charge in [-0.25, -0.2) is 4.98 Å². The zero-order valence-electron chi connectivity index (χ0n) is 11.9. The van der Waals surface area contributed by atoms with Gasteiger partial charge in [-0.15, -0.1) is 0 Å². The Bertz CT molecular complexity index is 624. The molecule has 1 aromatic heterocycles.